The van der Waals surface area contributed by atoms with Crippen LogP contribution in [0.2, 0.25) is 0 Å². The maximum Gasteiger partial charge on any atom is 0.303 e. The Bertz CT molecular complexity index is 627. The summed E-state index contributed by atoms with van der Waals surface area (Å²) in [5, 5.41) is 20.0. The molecular formula is C13H15FN4O2. The molecule has 1 heterocycles. The second kappa shape index (κ2) is 5.77. The number of benzene rings is 1. The molecule has 0 amide bonds. The summed E-state index contributed by atoms with van der Waals surface area (Å²) < 4.78 is 15.3. The maximum absolute atomic E-state index is 13.9. The van der Waals surface area contributed by atoms with Crippen molar-refractivity contribution < 1.29 is 14.3 Å². The number of hydrogen-bond acceptors (Lipinski definition) is 4. The summed E-state index contributed by atoms with van der Waals surface area (Å²) in [6.45, 7) is 3.96. The number of tetrazole rings is 1. The molecule has 7 heteroatoms. The van der Waals surface area contributed by atoms with Gasteiger partial charge in [-0.05, 0) is 35.4 Å². The van der Waals surface area contributed by atoms with Gasteiger partial charge in [0, 0.05) is 13.0 Å². The van der Waals surface area contributed by atoms with E-state index in [9.17, 15) is 9.18 Å². The van der Waals surface area contributed by atoms with Gasteiger partial charge in [-0.25, -0.2) is 9.07 Å². The average molecular weight is 278 g/mol. The molecule has 0 spiro atoms. The van der Waals surface area contributed by atoms with Gasteiger partial charge in [-0.15, -0.1) is 5.10 Å². The first-order valence-electron chi connectivity index (χ1n) is 6.22. The number of carboxylic acids is 1. The summed E-state index contributed by atoms with van der Waals surface area (Å²) in [5.41, 5.74) is 1.21. The highest BCUT2D eigenvalue weighted by molar-refractivity contribution is 5.67. The van der Waals surface area contributed by atoms with E-state index in [1.165, 1.54) is 10.7 Å². The molecule has 2 rings (SSSR count). The molecule has 1 N–H and O–H groups in total. The predicted molar refractivity (Wildman–Crippen MR) is 69.4 cm³/mol. The van der Waals surface area contributed by atoms with E-state index in [0.717, 1.165) is 5.56 Å². The average Bonchev–Trinajstić information content (AvgIpc) is 2.79. The molecule has 0 aliphatic heterocycles. The van der Waals surface area contributed by atoms with E-state index in [-0.39, 0.29) is 12.3 Å². The van der Waals surface area contributed by atoms with Crippen molar-refractivity contribution >= 4 is 5.97 Å². The Labute approximate surface area is 115 Å². The molecule has 6 nitrogen and oxygen atoms in total. The first-order valence-corrected chi connectivity index (χ1v) is 6.22. The highest BCUT2D eigenvalue weighted by Crippen LogP contribution is 2.22. The monoisotopic (exact) mass is 278 g/mol. The molecule has 1 aromatic carbocycles. The Kier molecular flexibility index (Phi) is 4.07. The number of aryl methyl sites for hydroxylation is 1. The zero-order valence-corrected chi connectivity index (χ0v) is 11.2. The highest BCUT2D eigenvalue weighted by Gasteiger charge is 2.16. The molecule has 0 aliphatic carbocycles. The summed E-state index contributed by atoms with van der Waals surface area (Å²) in [4.78, 5) is 10.7. The molecule has 106 valence electrons. The Balaban J connectivity index is 2.28. The number of rotatable bonds is 5. The maximum atomic E-state index is 13.9. The Hall–Kier alpha value is -2.31. The fourth-order valence-corrected chi connectivity index (χ4v) is 1.99. The summed E-state index contributed by atoms with van der Waals surface area (Å²) in [5.74, 6) is -1.13. The second-order valence-electron chi connectivity index (χ2n) is 4.87. The predicted octanol–water partition coefficient (Wildman–Crippen LogP) is 1.90. The minimum absolute atomic E-state index is 0.00952. The molecule has 1 atom stereocenters. The molecule has 1 aromatic heterocycles. The number of hydrogen-bond donors (Lipinski definition) is 1. The van der Waals surface area contributed by atoms with E-state index < -0.39 is 11.8 Å². The van der Waals surface area contributed by atoms with Crippen LogP contribution in [0.25, 0.3) is 11.4 Å². The number of carbonyl (C=O) groups is 1. The molecule has 20 heavy (non-hydrogen) atoms. The normalized spacial score (nSPS) is 12.3. The number of carboxylic acid groups (broad SMARTS) is 1. The molecule has 0 aliphatic rings. The first-order chi connectivity index (χ1) is 9.47. The number of nitrogens with zero attached hydrogens (tertiary/aromatic N) is 4. The van der Waals surface area contributed by atoms with Gasteiger partial charge in [0.15, 0.2) is 5.82 Å². The lowest BCUT2D eigenvalue weighted by Crippen LogP contribution is -2.14. The van der Waals surface area contributed by atoms with Crippen molar-refractivity contribution in [3.8, 4) is 11.4 Å². The third-order valence-corrected chi connectivity index (χ3v) is 2.90. The van der Waals surface area contributed by atoms with E-state index >= 15 is 0 Å². The third kappa shape index (κ3) is 3.17. The fourth-order valence-electron chi connectivity index (χ4n) is 1.99. The zero-order chi connectivity index (χ0) is 14.7. The van der Waals surface area contributed by atoms with E-state index in [1.54, 1.807) is 19.1 Å². The van der Waals surface area contributed by atoms with Crippen molar-refractivity contribution in [3.05, 3.63) is 29.6 Å². The standard InChI is InChI=1S/C13H15FN4O2/c1-8-3-4-11(14)10(5-8)13-15-16-17-18(13)7-9(2)6-12(19)20/h3-5,9H,6-7H2,1-2H3,(H,19,20). The lowest BCUT2D eigenvalue weighted by Gasteiger charge is -2.10. The smallest absolute Gasteiger partial charge is 0.303 e. The molecule has 0 bridgehead atoms. The van der Waals surface area contributed by atoms with Crippen molar-refractivity contribution in [3.63, 3.8) is 0 Å². The van der Waals surface area contributed by atoms with Crippen LogP contribution in [0.3, 0.4) is 0 Å². The lowest BCUT2D eigenvalue weighted by atomic mass is 10.1. The number of aliphatic carboxylic acids is 1. The molecule has 0 saturated heterocycles. The van der Waals surface area contributed by atoms with E-state index in [0.29, 0.717) is 17.9 Å². The van der Waals surface area contributed by atoms with Crippen LogP contribution >= 0.6 is 0 Å². The van der Waals surface area contributed by atoms with E-state index in [4.69, 9.17) is 5.11 Å². The third-order valence-electron chi connectivity index (χ3n) is 2.90. The van der Waals surface area contributed by atoms with E-state index in [2.05, 4.69) is 15.5 Å². The van der Waals surface area contributed by atoms with Gasteiger partial charge in [0.05, 0.1) is 5.56 Å². The highest BCUT2D eigenvalue weighted by atomic mass is 19.1. The van der Waals surface area contributed by atoms with Crippen molar-refractivity contribution in [1.29, 1.82) is 0 Å². The SMILES string of the molecule is Cc1ccc(F)c(-c2nnnn2CC(C)CC(=O)O)c1. The summed E-state index contributed by atoms with van der Waals surface area (Å²) in [6, 6.07) is 4.70. The van der Waals surface area contributed by atoms with Gasteiger partial charge in [0.2, 0.25) is 0 Å². The zero-order valence-electron chi connectivity index (χ0n) is 11.2. The Morgan fingerprint density at radius 3 is 2.95 bits per heavy atom. The van der Waals surface area contributed by atoms with Gasteiger partial charge in [-0.3, -0.25) is 4.79 Å². The van der Waals surface area contributed by atoms with Crippen LogP contribution in [-0.2, 0) is 11.3 Å². The van der Waals surface area contributed by atoms with Crippen LogP contribution in [0.5, 0.6) is 0 Å². The van der Waals surface area contributed by atoms with Gasteiger partial charge in [-0.2, -0.15) is 0 Å². The van der Waals surface area contributed by atoms with Crippen molar-refractivity contribution in [1.82, 2.24) is 20.2 Å². The van der Waals surface area contributed by atoms with Crippen molar-refractivity contribution in [2.24, 2.45) is 5.92 Å². The van der Waals surface area contributed by atoms with Gasteiger partial charge in [0.25, 0.3) is 0 Å². The van der Waals surface area contributed by atoms with Gasteiger partial charge in [0.1, 0.15) is 5.82 Å². The largest absolute Gasteiger partial charge is 0.481 e. The molecule has 0 fully saturated rings. The minimum atomic E-state index is -0.881. The number of halogens is 1. The van der Waals surface area contributed by atoms with Crippen LogP contribution in [-0.4, -0.2) is 31.3 Å². The first kappa shape index (κ1) is 14.1. The van der Waals surface area contributed by atoms with Gasteiger partial charge < -0.3 is 5.11 Å². The summed E-state index contributed by atoms with van der Waals surface area (Å²) >= 11 is 0. The molecule has 0 saturated carbocycles. The lowest BCUT2D eigenvalue weighted by molar-refractivity contribution is -0.138. The van der Waals surface area contributed by atoms with Crippen molar-refractivity contribution in [2.45, 2.75) is 26.8 Å². The van der Waals surface area contributed by atoms with Crippen LogP contribution in [0.1, 0.15) is 18.9 Å². The molecule has 0 radical (unpaired) electrons. The minimum Gasteiger partial charge on any atom is -0.481 e. The van der Waals surface area contributed by atoms with Crippen LogP contribution in [0.4, 0.5) is 4.39 Å². The van der Waals surface area contributed by atoms with Crippen LogP contribution in [0.15, 0.2) is 18.2 Å². The Morgan fingerprint density at radius 1 is 1.50 bits per heavy atom. The second-order valence-corrected chi connectivity index (χ2v) is 4.87. The summed E-state index contributed by atoms with van der Waals surface area (Å²) in [7, 11) is 0. The topological polar surface area (TPSA) is 80.9 Å². The van der Waals surface area contributed by atoms with Gasteiger partial charge >= 0.3 is 5.97 Å². The summed E-state index contributed by atoms with van der Waals surface area (Å²) in [6.07, 6.45) is 0.00952. The quantitative estimate of drug-likeness (QED) is 0.903. The Morgan fingerprint density at radius 2 is 2.25 bits per heavy atom. The van der Waals surface area contributed by atoms with Crippen LogP contribution in [0, 0.1) is 18.7 Å². The molecular weight excluding hydrogens is 263 g/mol. The number of aromatic nitrogens is 4. The van der Waals surface area contributed by atoms with Gasteiger partial charge in [-0.1, -0.05) is 18.6 Å². The molecule has 1 unspecified atom stereocenters. The van der Waals surface area contributed by atoms with E-state index in [1.807, 2.05) is 6.92 Å². The fraction of sp³-hybridized carbons (Fsp3) is 0.385. The molecule has 2 aromatic rings. The van der Waals surface area contributed by atoms with Crippen molar-refractivity contribution in [2.75, 3.05) is 0 Å². The van der Waals surface area contributed by atoms with Crippen LogP contribution < -0.4 is 0 Å².